The average molecular weight is 418 g/mol. The Labute approximate surface area is 172 Å². The number of hydrogen-bond acceptors (Lipinski definition) is 5. The Kier molecular flexibility index (Phi) is 5.75. The minimum atomic E-state index is -0.554. The molecule has 0 bridgehead atoms. The SMILES string of the molecule is O=C(c1ccc(F)c(Cl)c1)N1CCN(C(=O)C2CC(c3ccncc3)NN2)CC1. The first-order chi connectivity index (χ1) is 14.0. The molecule has 2 N–H and O–H groups in total. The fourth-order valence-corrected chi connectivity index (χ4v) is 3.88. The molecule has 1 aromatic heterocycles. The molecule has 0 aliphatic carbocycles. The predicted molar refractivity (Wildman–Crippen MR) is 106 cm³/mol. The zero-order valence-electron chi connectivity index (χ0n) is 15.6. The Morgan fingerprint density at radius 3 is 2.41 bits per heavy atom. The molecule has 1 aromatic carbocycles. The van der Waals surface area contributed by atoms with E-state index in [1.807, 2.05) is 12.1 Å². The second kappa shape index (κ2) is 8.44. The van der Waals surface area contributed by atoms with Gasteiger partial charge in [0.05, 0.1) is 5.02 Å². The van der Waals surface area contributed by atoms with Gasteiger partial charge < -0.3 is 9.80 Å². The molecule has 29 heavy (non-hydrogen) atoms. The summed E-state index contributed by atoms with van der Waals surface area (Å²) in [5.74, 6) is -0.746. The van der Waals surface area contributed by atoms with Crippen molar-refractivity contribution in [2.24, 2.45) is 0 Å². The lowest BCUT2D eigenvalue weighted by atomic mass is 10.0. The molecule has 0 radical (unpaired) electrons. The maximum Gasteiger partial charge on any atom is 0.254 e. The van der Waals surface area contributed by atoms with E-state index in [2.05, 4.69) is 15.8 Å². The number of halogens is 2. The van der Waals surface area contributed by atoms with Crippen molar-refractivity contribution in [1.82, 2.24) is 25.6 Å². The highest BCUT2D eigenvalue weighted by molar-refractivity contribution is 6.31. The van der Waals surface area contributed by atoms with Gasteiger partial charge in [-0.15, -0.1) is 0 Å². The molecule has 2 saturated heterocycles. The highest BCUT2D eigenvalue weighted by Crippen LogP contribution is 2.23. The van der Waals surface area contributed by atoms with E-state index in [0.717, 1.165) is 5.56 Å². The van der Waals surface area contributed by atoms with Gasteiger partial charge in [-0.05, 0) is 42.3 Å². The van der Waals surface area contributed by atoms with Gasteiger partial charge in [0.1, 0.15) is 11.9 Å². The summed E-state index contributed by atoms with van der Waals surface area (Å²) in [5.41, 5.74) is 7.67. The predicted octanol–water partition coefficient (Wildman–Crippen LogP) is 1.77. The lowest BCUT2D eigenvalue weighted by Crippen LogP contribution is -2.54. The first kappa shape index (κ1) is 19.8. The minimum absolute atomic E-state index is 0.0194. The zero-order valence-corrected chi connectivity index (χ0v) is 16.4. The van der Waals surface area contributed by atoms with Gasteiger partial charge in [-0.2, -0.15) is 0 Å². The number of hydrazine groups is 1. The van der Waals surface area contributed by atoms with Crippen molar-refractivity contribution in [3.63, 3.8) is 0 Å². The van der Waals surface area contributed by atoms with E-state index < -0.39 is 5.82 Å². The topological polar surface area (TPSA) is 77.6 Å². The van der Waals surface area contributed by atoms with E-state index in [0.29, 0.717) is 38.2 Å². The molecule has 0 spiro atoms. The Morgan fingerprint density at radius 1 is 1.03 bits per heavy atom. The lowest BCUT2D eigenvalue weighted by Gasteiger charge is -2.36. The number of carbonyl (C=O) groups excluding carboxylic acids is 2. The van der Waals surface area contributed by atoms with Crippen LogP contribution in [0.1, 0.15) is 28.4 Å². The van der Waals surface area contributed by atoms with E-state index in [9.17, 15) is 14.0 Å². The molecule has 2 fully saturated rings. The van der Waals surface area contributed by atoms with Crippen molar-refractivity contribution in [1.29, 1.82) is 0 Å². The normalized spacial score (nSPS) is 22.0. The molecular weight excluding hydrogens is 397 g/mol. The largest absolute Gasteiger partial charge is 0.338 e. The maximum atomic E-state index is 13.3. The Morgan fingerprint density at radius 2 is 1.72 bits per heavy atom. The number of rotatable bonds is 3. The molecule has 4 rings (SSSR count). The molecule has 2 atom stereocenters. The van der Waals surface area contributed by atoms with Crippen molar-refractivity contribution in [3.8, 4) is 0 Å². The number of carbonyl (C=O) groups is 2. The summed E-state index contributed by atoms with van der Waals surface area (Å²) in [5, 5.41) is -0.0757. The summed E-state index contributed by atoms with van der Waals surface area (Å²) < 4.78 is 13.3. The third-order valence-corrected chi connectivity index (χ3v) is 5.64. The third kappa shape index (κ3) is 4.24. The molecule has 7 nitrogen and oxygen atoms in total. The fourth-order valence-electron chi connectivity index (χ4n) is 3.69. The van der Waals surface area contributed by atoms with Crippen LogP contribution in [0.2, 0.25) is 5.02 Å². The number of pyridine rings is 1. The van der Waals surface area contributed by atoms with Crippen molar-refractivity contribution >= 4 is 23.4 Å². The summed E-state index contributed by atoms with van der Waals surface area (Å²) in [4.78, 5) is 32.9. The van der Waals surface area contributed by atoms with E-state index in [4.69, 9.17) is 11.6 Å². The summed E-state index contributed by atoms with van der Waals surface area (Å²) >= 11 is 5.78. The van der Waals surface area contributed by atoms with Gasteiger partial charge >= 0.3 is 0 Å². The molecule has 9 heteroatoms. The van der Waals surface area contributed by atoms with Crippen LogP contribution < -0.4 is 10.9 Å². The van der Waals surface area contributed by atoms with Crippen LogP contribution in [0.5, 0.6) is 0 Å². The van der Waals surface area contributed by atoms with Gasteiger partial charge in [0, 0.05) is 50.2 Å². The van der Waals surface area contributed by atoms with Gasteiger partial charge in [0.2, 0.25) is 5.91 Å². The number of nitrogens with one attached hydrogen (secondary N) is 2. The van der Waals surface area contributed by atoms with Crippen LogP contribution in [0, 0.1) is 5.82 Å². The highest BCUT2D eigenvalue weighted by Gasteiger charge is 2.34. The quantitative estimate of drug-likeness (QED) is 0.795. The molecule has 3 heterocycles. The average Bonchev–Trinajstić information content (AvgIpc) is 3.26. The van der Waals surface area contributed by atoms with Crippen molar-refractivity contribution in [2.45, 2.75) is 18.5 Å². The number of benzene rings is 1. The standard InChI is InChI=1S/C20H21ClFN5O2/c21-15-11-14(1-2-16(15)22)19(28)26-7-9-27(10-8-26)20(29)18-12-17(24-25-18)13-3-5-23-6-4-13/h1-6,11,17-18,24-25H,7-10,12H2. The second-order valence-corrected chi connectivity index (χ2v) is 7.56. The summed E-state index contributed by atoms with van der Waals surface area (Å²) in [6, 6.07) is 7.55. The van der Waals surface area contributed by atoms with E-state index in [1.54, 1.807) is 22.2 Å². The van der Waals surface area contributed by atoms with Crippen LogP contribution in [0.25, 0.3) is 0 Å². The van der Waals surface area contributed by atoms with Crippen LogP contribution in [0.15, 0.2) is 42.7 Å². The van der Waals surface area contributed by atoms with Gasteiger partial charge in [0.15, 0.2) is 0 Å². The first-order valence-corrected chi connectivity index (χ1v) is 9.85. The first-order valence-electron chi connectivity index (χ1n) is 9.47. The van der Waals surface area contributed by atoms with Crippen LogP contribution in [-0.2, 0) is 4.79 Å². The minimum Gasteiger partial charge on any atom is -0.338 e. The Hall–Kier alpha value is -2.55. The highest BCUT2D eigenvalue weighted by atomic mass is 35.5. The van der Waals surface area contributed by atoms with Crippen molar-refractivity contribution < 1.29 is 14.0 Å². The van der Waals surface area contributed by atoms with Crippen LogP contribution in [-0.4, -0.2) is 58.8 Å². The van der Waals surface area contributed by atoms with Crippen molar-refractivity contribution in [2.75, 3.05) is 26.2 Å². The van der Waals surface area contributed by atoms with E-state index in [1.165, 1.54) is 18.2 Å². The molecule has 2 aromatic rings. The molecule has 2 aliphatic rings. The van der Waals surface area contributed by atoms with Gasteiger partial charge in [-0.25, -0.2) is 15.2 Å². The summed E-state index contributed by atoms with van der Waals surface area (Å²) in [7, 11) is 0. The molecule has 2 unspecified atom stereocenters. The number of hydrogen-bond donors (Lipinski definition) is 2. The van der Waals surface area contributed by atoms with Gasteiger partial charge in [-0.1, -0.05) is 11.6 Å². The monoisotopic (exact) mass is 417 g/mol. The Bertz CT molecular complexity index is 905. The molecule has 2 amide bonds. The number of amides is 2. The number of piperazine rings is 1. The number of nitrogens with zero attached hydrogens (tertiary/aromatic N) is 3. The van der Waals surface area contributed by atoms with Crippen LogP contribution >= 0.6 is 11.6 Å². The van der Waals surface area contributed by atoms with E-state index in [-0.39, 0.29) is 28.9 Å². The zero-order chi connectivity index (χ0) is 20.4. The summed E-state index contributed by atoms with van der Waals surface area (Å²) in [6.45, 7) is 1.76. The molecule has 0 saturated carbocycles. The van der Waals surface area contributed by atoms with Gasteiger partial charge in [-0.3, -0.25) is 14.6 Å². The number of aromatic nitrogens is 1. The lowest BCUT2D eigenvalue weighted by molar-refractivity contribution is -0.134. The third-order valence-electron chi connectivity index (χ3n) is 5.35. The molecule has 152 valence electrons. The molecule has 2 aliphatic heterocycles. The maximum absolute atomic E-state index is 13.3. The smallest absolute Gasteiger partial charge is 0.254 e. The second-order valence-electron chi connectivity index (χ2n) is 7.16. The van der Waals surface area contributed by atoms with Crippen molar-refractivity contribution in [3.05, 3.63) is 64.7 Å². The summed E-state index contributed by atoms with van der Waals surface area (Å²) in [6.07, 6.45) is 4.11. The molecular formula is C20H21ClFN5O2. The fraction of sp³-hybridized carbons (Fsp3) is 0.350. The van der Waals surface area contributed by atoms with Crippen LogP contribution in [0.4, 0.5) is 4.39 Å². The van der Waals surface area contributed by atoms with Gasteiger partial charge in [0.25, 0.3) is 5.91 Å². The van der Waals surface area contributed by atoms with E-state index >= 15 is 0 Å². The van der Waals surface area contributed by atoms with Crippen LogP contribution in [0.3, 0.4) is 0 Å². The Balaban J connectivity index is 1.32.